The van der Waals surface area contributed by atoms with Crippen LogP contribution in [0.2, 0.25) is 5.02 Å². The first kappa shape index (κ1) is 24.9. The van der Waals surface area contributed by atoms with Crippen molar-refractivity contribution < 1.29 is 9.13 Å². The van der Waals surface area contributed by atoms with Gasteiger partial charge in [-0.25, -0.2) is 9.37 Å². The van der Waals surface area contributed by atoms with Crippen molar-refractivity contribution >= 4 is 34.7 Å². The molecule has 12 heteroatoms. The van der Waals surface area contributed by atoms with Gasteiger partial charge in [-0.05, 0) is 42.7 Å². The summed E-state index contributed by atoms with van der Waals surface area (Å²) in [6, 6.07) is 15.2. The average molecular weight is 544 g/mol. The Hall–Kier alpha value is -4.45. The molecule has 2 aromatic carbocycles. The summed E-state index contributed by atoms with van der Waals surface area (Å²) in [4.78, 5) is 11.4. The summed E-state index contributed by atoms with van der Waals surface area (Å²) in [5.74, 6) is 1.45. The summed E-state index contributed by atoms with van der Waals surface area (Å²) < 4.78 is 22.1. The maximum atomic E-state index is 15.3. The molecule has 2 aliphatic rings. The summed E-state index contributed by atoms with van der Waals surface area (Å²) in [5, 5.41) is 29.9. The van der Waals surface area contributed by atoms with Gasteiger partial charge in [0.15, 0.2) is 22.8 Å². The van der Waals surface area contributed by atoms with E-state index in [9.17, 15) is 10.5 Å². The second-order valence-corrected chi connectivity index (χ2v) is 10.0. The van der Waals surface area contributed by atoms with Gasteiger partial charge in [-0.1, -0.05) is 23.7 Å². The number of ether oxygens (including phenoxy) is 1. The molecule has 0 radical (unpaired) electrons. The highest BCUT2D eigenvalue weighted by molar-refractivity contribution is 6.34. The number of hydrogen-bond donors (Lipinski definition) is 2. The van der Waals surface area contributed by atoms with Crippen molar-refractivity contribution in [3.05, 3.63) is 70.0 Å². The minimum absolute atomic E-state index is 0.107. The summed E-state index contributed by atoms with van der Waals surface area (Å²) in [6.07, 6.45) is 3.44. The van der Waals surface area contributed by atoms with Gasteiger partial charge in [-0.15, -0.1) is 5.10 Å². The smallest absolute Gasteiger partial charge is 0.247 e. The first-order valence-corrected chi connectivity index (χ1v) is 12.8. The molecule has 6 rings (SSSR count). The SMILES string of the molecule is COc1ccc(CN(c2nc(Nc3cc(C#N)cc(C4(F)CNC4)c3Cl)nn3c(C#N)cnc23)C2CC2)cc1. The lowest BCUT2D eigenvalue weighted by atomic mass is 9.88. The molecule has 0 atom stereocenters. The van der Waals surface area contributed by atoms with Crippen molar-refractivity contribution in [2.24, 2.45) is 0 Å². The molecule has 1 saturated heterocycles. The number of hydrogen-bond acceptors (Lipinski definition) is 9. The van der Waals surface area contributed by atoms with Crippen LogP contribution in [0.3, 0.4) is 0 Å². The third kappa shape index (κ3) is 4.56. The highest BCUT2D eigenvalue weighted by atomic mass is 35.5. The molecule has 39 heavy (non-hydrogen) atoms. The van der Waals surface area contributed by atoms with Gasteiger partial charge in [0.2, 0.25) is 5.95 Å². The van der Waals surface area contributed by atoms with Crippen LogP contribution in [0.15, 0.2) is 42.6 Å². The van der Waals surface area contributed by atoms with Crippen molar-refractivity contribution in [2.45, 2.75) is 31.1 Å². The lowest BCUT2D eigenvalue weighted by Gasteiger charge is -2.36. The second-order valence-electron chi connectivity index (χ2n) is 9.65. The van der Waals surface area contributed by atoms with E-state index in [0.29, 0.717) is 23.7 Å². The fourth-order valence-electron chi connectivity index (χ4n) is 4.64. The molecule has 1 aliphatic heterocycles. The van der Waals surface area contributed by atoms with Crippen LogP contribution in [0, 0.1) is 22.7 Å². The van der Waals surface area contributed by atoms with Gasteiger partial charge < -0.3 is 20.3 Å². The zero-order chi connectivity index (χ0) is 27.1. The minimum Gasteiger partial charge on any atom is -0.497 e. The Balaban J connectivity index is 1.43. The topological polar surface area (TPSA) is 127 Å². The Kier molecular flexibility index (Phi) is 6.18. The van der Waals surface area contributed by atoms with Crippen molar-refractivity contribution in [3.63, 3.8) is 0 Å². The summed E-state index contributed by atoms with van der Waals surface area (Å²) >= 11 is 6.65. The van der Waals surface area contributed by atoms with Crippen molar-refractivity contribution in [3.8, 4) is 17.9 Å². The molecule has 1 saturated carbocycles. The largest absolute Gasteiger partial charge is 0.497 e. The van der Waals surface area contributed by atoms with Gasteiger partial charge in [-0.2, -0.15) is 20.0 Å². The number of nitriles is 2. The molecule has 1 aliphatic carbocycles. The fourth-order valence-corrected chi connectivity index (χ4v) is 4.97. The van der Waals surface area contributed by atoms with Crippen LogP contribution in [-0.4, -0.2) is 45.8 Å². The van der Waals surface area contributed by atoms with Crippen LogP contribution in [-0.2, 0) is 12.2 Å². The monoisotopic (exact) mass is 543 g/mol. The van der Waals surface area contributed by atoms with E-state index >= 15 is 4.39 Å². The summed E-state index contributed by atoms with van der Waals surface area (Å²) in [5.41, 5.74) is 0.836. The minimum atomic E-state index is -1.67. The van der Waals surface area contributed by atoms with Gasteiger partial charge in [-0.3, -0.25) is 0 Å². The fraction of sp³-hybridized carbons (Fsp3) is 0.296. The Morgan fingerprint density at radius 3 is 2.62 bits per heavy atom. The van der Waals surface area contributed by atoms with Crippen molar-refractivity contribution in [1.29, 1.82) is 10.5 Å². The first-order chi connectivity index (χ1) is 18.9. The van der Waals surface area contributed by atoms with Crippen molar-refractivity contribution in [2.75, 3.05) is 30.4 Å². The Morgan fingerprint density at radius 2 is 2.00 bits per heavy atom. The third-order valence-electron chi connectivity index (χ3n) is 6.97. The third-order valence-corrected chi connectivity index (χ3v) is 7.38. The molecule has 4 aromatic rings. The van der Waals surface area contributed by atoms with Crippen LogP contribution in [0.5, 0.6) is 5.75 Å². The quantitative estimate of drug-likeness (QED) is 0.336. The predicted molar refractivity (Wildman–Crippen MR) is 143 cm³/mol. The average Bonchev–Trinajstić information content (AvgIpc) is 3.70. The van der Waals surface area contributed by atoms with Crippen LogP contribution in [0.25, 0.3) is 5.65 Å². The van der Waals surface area contributed by atoms with E-state index in [0.717, 1.165) is 24.2 Å². The summed E-state index contributed by atoms with van der Waals surface area (Å²) in [6.45, 7) is 0.771. The second kappa shape index (κ2) is 9.70. The number of halogens is 2. The molecule has 0 unspecified atom stereocenters. The number of benzene rings is 2. The molecule has 2 fully saturated rings. The number of fused-ring (bicyclic) bond motifs is 1. The van der Waals surface area contributed by atoms with Crippen LogP contribution >= 0.6 is 11.6 Å². The molecule has 196 valence electrons. The van der Waals surface area contributed by atoms with E-state index in [1.165, 1.54) is 22.8 Å². The van der Waals surface area contributed by atoms with Gasteiger partial charge >= 0.3 is 0 Å². The molecule has 3 heterocycles. The predicted octanol–water partition coefficient (Wildman–Crippen LogP) is 4.21. The lowest BCUT2D eigenvalue weighted by molar-refractivity contribution is 0.0893. The van der Waals surface area contributed by atoms with E-state index in [1.807, 2.05) is 24.3 Å². The molecular weight excluding hydrogens is 521 g/mol. The number of methoxy groups -OCH3 is 1. The molecule has 10 nitrogen and oxygen atoms in total. The number of anilines is 3. The van der Waals surface area contributed by atoms with E-state index in [1.54, 1.807) is 7.11 Å². The van der Waals surface area contributed by atoms with Crippen LogP contribution in [0.4, 0.5) is 21.8 Å². The number of aromatic nitrogens is 4. The van der Waals surface area contributed by atoms with E-state index in [4.69, 9.17) is 21.3 Å². The van der Waals surface area contributed by atoms with E-state index in [-0.39, 0.29) is 46.9 Å². The van der Waals surface area contributed by atoms with Crippen LogP contribution in [0.1, 0.15) is 35.2 Å². The number of alkyl halides is 1. The van der Waals surface area contributed by atoms with Gasteiger partial charge in [0, 0.05) is 31.2 Å². The Morgan fingerprint density at radius 1 is 1.23 bits per heavy atom. The molecule has 0 spiro atoms. The Labute approximate surface area is 228 Å². The molecule has 0 amide bonds. The van der Waals surface area contributed by atoms with Crippen molar-refractivity contribution in [1.82, 2.24) is 24.9 Å². The highest BCUT2D eigenvalue weighted by Crippen LogP contribution is 2.41. The Bertz CT molecular complexity index is 1650. The zero-order valence-electron chi connectivity index (χ0n) is 20.9. The molecule has 2 N–H and O–H groups in total. The highest BCUT2D eigenvalue weighted by Gasteiger charge is 2.41. The number of imidazole rings is 1. The molecule has 0 bridgehead atoms. The maximum absolute atomic E-state index is 15.3. The number of rotatable bonds is 8. The maximum Gasteiger partial charge on any atom is 0.247 e. The first-order valence-electron chi connectivity index (χ1n) is 12.4. The van der Waals surface area contributed by atoms with Crippen LogP contribution < -0.4 is 20.3 Å². The van der Waals surface area contributed by atoms with Gasteiger partial charge in [0.05, 0.1) is 35.6 Å². The van der Waals surface area contributed by atoms with E-state index in [2.05, 4.69) is 37.8 Å². The number of nitrogens with zero attached hydrogens (tertiary/aromatic N) is 7. The lowest BCUT2D eigenvalue weighted by Crippen LogP contribution is -2.53. The van der Waals surface area contributed by atoms with Gasteiger partial charge in [0.1, 0.15) is 11.8 Å². The molecular formula is C27H23ClFN9O. The molecule has 2 aromatic heterocycles. The zero-order valence-corrected chi connectivity index (χ0v) is 21.7. The number of nitrogens with one attached hydrogen (secondary N) is 2. The standard InChI is InChI=1S/C27H23ClFN9O/c1-39-20-6-2-16(3-7-20)13-37(18-4-5-18)25-24-33-12-19(11-31)38(24)36-26(35-25)34-22-9-17(10-30)8-21(23(22)28)27(29)14-32-15-27/h2-3,6-9,12,18,32H,4-5,13-15H2,1H3,(H,34,36). The normalized spacial score (nSPS) is 15.7. The van der Waals surface area contributed by atoms with Gasteiger partial charge in [0.25, 0.3) is 0 Å². The summed E-state index contributed by atoms with van der Waals surface area (Å²) in [7, 11) is 1.63. The van der Waals surface area contributed by atoms with E-state index < -0.39 is 5.67 Å².